The summed E-state index contributed by atoms with van der Waals surface area (Å²) in [6, 6.07) is 11.5. The number of ether oxygens (including phenoxy) is 2. The number of morpholine rings is 1. The zero-order chi connectivity index (χ0) is 22.9. The molecule has 7 heteroatoms. The Bertz CT molecular complexity index is 1170. The summed E-state index contributed by atoms with van der Waals surface area (Å²) >= 11 is 1.56. The van der Waals surface area contributed by atoms with Gasteiger partial charge in [0.05, 0.1) is 31.1 Å². The van der Waals surface area contributed by atoms with Crippen LogP contribution in [0.15, 0.2) is 36.4 Å². The van der Waals surface area contributed by atoms with Crippen molar-refractivity contribution in [3.8, 4) is 11.1 Å². The first-order valence-electron chi connectivity index (χ1n) is 11.5. The molecule has 1 aliphatic carbocycles. The van der Waals surface area contributed by atoms with Gasteiger partial charge >= 0.3 is 5.97 Å². The third-order valence-corrected chi connectivity index (χ3v) is 7.81. The number of nitrogens with zero attached hydrogens (tertiary/aromatic N) is 1. The number of hydrogen-bond donors (Lipinski definition) is 1. The zero-order valence-electron chi connectivity index (χ0n) is 19.0. The molecular weight excluding hydrogens is 439 g/mol. The Kier molecular flexibility index (Phi) is 6.36. The second-order valence-corrected chi connectivity index (χ2v) is 10.1. The van der Waals surface area contributed by atoms with Crippen LogP contribution in [-0.4, -0.2) is 51.5 Å². The molecule has 2 heterocycles. The van der Waals surface area contributed by atoms with Crippen LogP contribution in [0.4, 0.5) is 10.1 Å². The van der Waals surface area contributed by atoms with Gasteiger partial charge in [0, 0.05) is 46.2 Å². The Hall–Kier alpha value is -2.48. The summed E-state index contributed by atoms with van der Waals surface area (Å²) in [6.45, 7) is 4.93. The van der Waals surface area contributed by atoms with Crippen LogP contribution in [0.3, 0.4) is 0 Å². The minimum Gasteiger partial charge on any atom is -0.465 e. The Morgan fingerprint density at radius 1 is 1.27 bits per heavy atom. The molecule has 1 saturated carbocycles. The molecule has 2 aliphatic rings. The lowest BCUT2D eigenvalue weighted by Crippen LogP contribution is -2.49. The third kappa shape index (κ3) is 4.50. The number of aryl methyl sites for hydroxylation is 1. The van der Waals surface area contributed by atoms with Crippen molar-refractivity contribution in [2.24, 2.45) is 0 Å². The molecule has 174 valence electrons. The maximum absolute atomic E-state index is 13.7. The molecule has 33 heavy (non-hydrogen) atoms. The number of esters is 1. The van der Waals surface area contributed by atoms with Crippen LogP contribution in [0, 0.1) is 12.7 Å². The van der Waals surface area contributed by atoms with Gasteiger partial charge in [-0.2, -0.15) is 0 Å². The van der Waals surface area contributed by atoms with Crippen LogP contribution < -0.4 is 10.2 Å². The van der Waals surface area contributed by atoms with Gasteiger partial charge in [-0.1, -0.05) is 12.5 Å². The number of anilines is 1. The van der Waals surface area contributed by atoms with E-state index in [1.807, 2.05) is 25.1 Å². The molecule has 1 N–H and O–H groups in total. The van der Waals surface area contributed by atoms with E-state index in [1.54, 1.807) is 17.4 Å². The highest BCUT2D eigenvalue weighted by molar-refractivity contribution is 7.19. The van der Waals surface area contributed by atoms with Crippen molar-refractivity contribution in [2.45, 2.75) is 38.3 Å². The molecule has 1 saturated heterocycles. The van der Waals surface area contributed by atoms with Crippen LogP contribution in [0.1, 0.15) is 34.5 Å². The number of halogens is 1. The molecule has 1 aliphatic heterocycles. The van der Waals surface area contributed by atoms with Crippen molar-refractivity contribution in [1.29, 1.82) is 0 Å². The maximum Gasteiger partial charge on any atom is 0.339 e. The zero-order valence-corrected chi connectivity index (χ0v) is 19.8. The van der Waals surface area contributed by atoms with Crippen molar-refractivity contribution >= 4 is 33.1 Å². The van der Waals surface area contributed by atoms with Gasteiger partial charge in [0.2, 0.25) is 0 Å². The normalized spacial score (nSPS) is 19.0. The molecule has 0 unspecified atom stereocenters. The average Bonchev–Trinajstić information content (AvgIpc) is 3.12. The van der Waals surface area contributed by atoms with Gasteiger partial charge in [0.25, 0.3) is 0 Å². The van der Waals surface area contributed by atoms with Crippen LogP contribution in [0.5, 0.6) is 0 Å². The highest BCUT2D eigenvalue weighted by Gasteiger charge is 2.27. The summed E-state index contributed by atoms with van der Waals surface area (Å²) in [5.41, 5.74) is 3.39. The number of benzene rings is 2. The van der Waals surface area contributed by atoms with Crippen LogP contribution in [-0.2, 0) is 9.47 Å². The lowest BCUT2D eigenvalue weighted by atomic mass is 9.93. The van der Waals surface area contributed by atoms with E-state index in [0.717, 1.165) is 51.4 Å². The first-order valence-corrected chi connectivity index (χ1v) is 12.4. The predicted molar refractivity (Wildman–Crippen MR) is 131 cm³/mol. The van der Waals surface area contributed by atoms with Crippen molar-refractivity contribution in [3.05, 3.63) is 52.7 Å². The first kappa shape index (κ1) is 22.3. The lowest BCUT2D eigenvalue weighted by molar-refractivity contribution is 0.0369. The number of nitrogens with one attached hydrogen (secondary N) is 1. The van der Waals surface area contributed by atoms with E-state index >= 15 is 0 Å². The topological polar surface area (TPSA) is 50.8 Å². The minimum atomic E-state index is -0.356. The van der Waals surface area contributed by atoms with Crippen molar-refractivity contribution in [3.63, 3.8) is 0 Å². The summed E-state index contributed by atoms with van der Waals surface area (Å²) < 4.78 is 25.8. The van der Waals surface area contributed by atoms with E-state index in [9.17, 15) is 9.18 Å². The van der Waals surface area contributed by atoms with E-state index in [1.165, 1.54) is 32.4 Å². The molecule has 2 aromatic carbocycles. The number of carbonyl (C=O) groups is 1. The molecule has 0 bridgehead atoms. The SMILES string of the molecule is COC(=O)c1cc(-c2c(C)sc3cc(F)ccc23)ccc1N1CCO[C@H](CNC2CCC2)C1. The number of thiophene rings is 1. The highest BCUT2D eigenvalue weighted by atomic mass is 32.1. The van der Waals surface area contributed by atoms with Crippen molar-refractivity contribution in [1.82, 2.24) is 5.32 Å². The van der Waals surface area contributed by atoms with Gasteiger partial charge in [-0.25, -0.2) is 9.18 Å². The van der Waals surface area contributed by atoms with Crippen LogP contribution in [0.25, 0.3) is 21.2 Å². The van der Waals surface area contributed by atoms with E-state index in [-0.39, 0.29) is 17.9 Å². The average molecular weight is 469 g/mol. The monoisotopic (exact) mass is 468 g/mol. The largest absolute Gasteiger partial charge is 0.465 e. The second kappa shape index (κ2) is 9.41. The highest BCUT2D eigenvalue weighted by Crippen LogP contribution is 2.40. The summed E-state index contributed by atoms with van der Waals surface area (Å²) in [5, 5.41) is 4.59. The molecule has 0 spiro atoms. The minimum absolute atomic E-state index is 0.0856. The Morgan fingerprint density at radius 2 is 2.12 bits per heavy atom. The fraction of sp³-hybridized carbons (Fsp3) is 0.423. The predicted octanol–water partition coefficient (Wildman–Crippen LogP) is 5.15. The van der Waals surface area contributed by atoms with E-state index in [4.69, 9.17) is 9.47 Å². The molecule has 1 atom stereocenters. The Morgan fingerprint density at radius 3 is 2.88 bits per heavy atom. The van der Waals surface area contributed by atoms with Crippen molar-refractivity contribution in [2.75, 3.05) is 38.3 Å². The molecular formula is C26H29FN2O3S. The summed E-state index contributed by atoms with van der Waals surface area (Å²) in [7, 11) is 1.41. The molecule has 5 nitrogen and oxygen atoms in total. The molecule has 0 amide bonds. The number of methoxy groups -OCH3 is 1. The second-order valence-electron chi connectivity index (χ2n) is 8.87. The number of carbonyl (C=O) groups excluding carboxylic acids is 1. The maximum atomic E-state index is 13.7. The summed E-state index contributed by atoms with van der Waals surface area (Å²) in [6.07, 6.45) is 3.88. The molecule has 5 rings (SSSR count). The molecule has 3 aromatic rings. The fourth-order valence-electron chi connectivity index (χ4n) is 4.76. The quantitative estimate of drug-likeness (QED) is 0.507. The standard InChI is InChI=1S/C26H29FN2O3S/c1-16-25(21-8-7-18(27)13-24(21)33-16)17-6-9-23(22(12-17)26(30)31-2)29-10-11-32-20(15-29)14-28-19-4-3-5-19/h6-9,12-13,19-20,28H,3-5,10-11,14-15H2,1-2H3/t20-/m1/s1. The smallest absolute Gasteiger partial charge is 0.339 e. The Labute approximate surface area is 197 Å². The summed E-state index contributed by atoms with van der Waals surface area (Å²) in [4.78, 5) is 16.1. The number of rotatable bonds is 6. The van der Waals surface area contributed by atoms with Gasteiger partial charge < -0.3 is 19.7 Å². The lowest BCUT2D eigenvalue weighted by Gasteiger charge is -2.37. The fourth-order valence-corrected chi connectivity index (χ4v) is 5.88. The molecule has 0 radical (unpaired) electrons. The van der Waals surface area contributed by atoms with Gasteiger partial charge in [0.1, 0.15) is 5.82 Å². The Balaban J connectivity index is 1.45. The van der Waals surface area contributed by atoms with Crippen LogP contribution >= 0.6 is 11.3 Å². The summed E-state index contributed by atoms with van der Waals surface area (Å²) in [5.74, 6) is -0.597. The number of fused-ring (bicyclic) bond motifs is 1. The molecule has 2 fully saturated rings. The van der Waals surface area contributed by atoms with Gasteiger partial charge in [0.15, 0.2) is 0 Å². The first-order chi connectivity index (χ1) is 16.0. The van der Waals surface area contributed by atoms with Crippen molar-refractivity contribution < 1.29 is 18.7 Å². The van der Waals surface area contributed by atoms with Gasteiger partial charge in [-0.15, -0.1) is 11.3 Å². The third-order valence-electron chi connectivity index (χ3n) is 6.74. The van der Waals surface area contributed by atoms with Gasteiger partial charge in [-0.3, -0.25) is 0 Å². The molecule has 1 aromatic heterocycles. The van der Waals surface area contributed by atoms with E-state index < -0.39 is 0 Å². The van der Waals surface area contributed by atoms with E-state index in [0.29, 0.717) is 18.2 Å². The van der Waals surface area contributed by atoms with E-state index in [2.05, 4.69) is 16.3 Å². The van der Waals surface area contributed by atoms with Gasteiger partial charge in [-0.05, 0) is 55.7 Å². The number of hydrogen-bond acceptors (Lipinski definition) is 6. The van der Waals surface area contributed by atoms with Crippen LogP contribution in [0.2, 0.25) is 0 Å².